The van der Waals surface area contributed by atoms with Gasteiger partial charge in [-0.25, -0.2) is 4.98 Å². The maximum Gasteiger partial charge on any atom is 0.274 e. The van der Waals surface area contributed by atoms with Gasteiger partial charge in [-0.05, 0) is 44.5 Å². The van der Waals surface area contributed by atoms with Gasteiger partial charge in [0.1, 0.15) is 12.0 Å². The molecule has 0 atom stereocenters. The molecule has 0 aliphatic heterocycles. The number of aromatic nitrogens is 6. The molecule has 1 amide bonds. The second-order valence-electron chi connectivity index (χ2n) is 6.54. The summed E-state index contributed by atoms with van der Waals surface area (Å²) in [6.45, 7) is 6.19. The maximum atomic E-state index is 12.9. The zero-order chi connectivity index (χ0) is 19.8. The van der Waals surface area contributed by atoms with E-state index in [1.807, 2.05) is 49.7 Å². The van der Waals surface area contributed by atoms with Gasteiger partial charge in [-0.3, -0.25) is 9.48 Å². The predicted molar refractivity (Wildman–Crippen MR) is 106 cm³/mol. The molecule has 0 spiro atoms. The first-order valence-electron chi connectivity index (χ1n) is 8.69. The van der Waals surface area contributed by atoms with E-state index in [1.165, 1.54) is 10.8 Å². The molecule has 4 rings (SSSR count). The summed E-state index contributed by atoms with van der Waals surface area (Å²) < 4.78 is 3.28. The van der Waals surface area contributed by atoms with Crippen LogP contribution in [0.3, 0.4) is 0 Å². The van der Waals surface area contributed by atoms with Crippen LogP contribution in [0.5, 0.6) is 0 Å². The Bertz CT molecular complexity index is 1180. The molecule has 0 aliphatic rings. The average molecular weight is 396 g/mol. The number of anilines is 1. The SMILES string of the molecule is Cc1cc(C(=O)Nc2c(C)nn(Cc3ccc(Cl)cc3)c2C)n2ncnc2n1. The fourth-order valence-corrected chi connectivity index (χ4v) is 3.19. The highest BCUT2D eigenvalue weighted by atomic mass is 35.5. The zero-order valence-corrected chi connectivity index (χ0v) is 16.4. The molecule has 4 aromatic rings. The maximum absolute atomic E-state index is 12.9. The van der Waals surface area contributed by atoms with Gasteiger partial charge in [0.2, 0.25) is 0 Å². The van der Waals surface area contributed by atoms with Gasteiger partial charge in [0.15, 0.2) is 0 Å². The third-order valence-corrected chi connectivity index (χ3v) is 4.73. The molecule has 0 fully saturated rings. The minimum atomic E-state index is -0.293. The van der Waals surface area contributed by atoms with E-state index in [9.17, 15) is 4.79 Å². The number of fused-ring (bicyclic) bond motifs is 1. The van der Waals surface area contributed by atoms with Crippen molar-refractivity contribution in [3.8, 4) is 0 Å². The number of aryl methyl sites for hydroxylation is 2. The Morgan fingerprint density at radius 2 is 1.93 bits per heavy atom. The second kappa shape index (κ2) is 7.05. The number of benzene rings is 1. The Kier molecular flexibility index (Phi) is 4.56. The lowest BCUT2D eigenvalue weighted by atomic mass is 10.2. The average Bonchev–Trinajstić information content (AvgIpc) is 3.23. The van der Waals surface area contributed by atoms with E-state index in [4.69, 9.17) is 11.6 Å². The molecule has 8 nitrogen and oxygen atoms in total. The van der Waals surface area contributed by atoms with Crippen LogP contribution >= 0.6 is 11.6 Å². The van der Waals surface area contributed by atoms with Crippen molar-refractivity contribution in [2.24, 2.45) is 0 Å². The van der Waals surface area contributed by atoms with E-state index < -0.39 is 0 Å². The number of hydrogen-bond donors (Lipinski definition) is 1. The molecule has 1 aromatic carbocycles. The molecule has 0 unspecified atom stereocenters. The van der Waals surface area contributed by atoms with E-state index in [2.05, 4.69) is 25.5 Å². The van der Waals surface area contributed by atoms with E-state index in [1.54, 1.807) is 6.07 Å². The van der Waals surface area contributed by atoms with Crippen LogP contribution in [0, 0.1) is 20.8 Å². The number of carbonyl (C=O) groups is 1. The number of amides is 1. The van der Waals surface area contributed by atoms with E-state index >= 15 is 0 Å². The summed E-state index contributed by atoms with van der Waals surface area (Å²) in [5.41, 5.74) is 4.41. The lowest BCUT2D eigenvalue weighted by Crippen LogP contribution is -2.18. The monoisotopic (exact) mass is 395 g/mol. The molecule has 9 heteroatoms. The first-order valence-corrected chi connectivity index (χ1v) is 9.07. The molecule has 142 valence electrons. The summed E-state index contributed by atoms with van der Waals surface area (Å²) in [5, 5.41) is 12.3. The van der Waals surface area contributed by atoms with Crippen LogP contribution in [0.25, 0.3) is 5.78 Å². The highest BCUT2D eigenvalue weighted by Crippen LogP contribution is 2.22. The fraction of sp³-hybridized carbons (Fsp3) is 0.211. The highest BCUT2D eigenvalue weighted by Gasteiger charge is 2.18. The topological polar surface area (TPSA) is 90.0 Å². The van der Waals surface area contributed by atoms with Gasteiger partial charge in [-0.15, -0.1) is 0 Å². The third-order valence-electron chi connectivity index (χ3n) is 4.48. The largest absolute Gasteiger partial charge is 0.317 e. The summed E-state index contributed by atoms with van der Waals surface area (Å²) in [6.07, 6.45) is 1.37. The summed E-state index contributed by atoms with van der Waals surface area (Å²) >= 11 is 5.95. The van der Waals surface area contributed by atoms with Crippen molar-refractivity contribution in [1.82, 2.24) is 29.4 Å². The van der Waals surface area contributed by atoms with Crippen LogP contribution in [-0.2, 0) is 6.54 Å². The van der Waals surface area contributed by atoms with Gasteiger partial charge in [0.05, 0.1) is 23.6 Å². The Balaban J connectivity index is 1.63. The molecular formula is C19H18ClN7O. The molecule has 0 aliphatic carbocycles. The van der Waals surface area contributed by atoms with Crippen LogP contribution in [-0.4, -0.2) is 35.3 Å². The van der Waals surface area contributed by atoms with Crippen molar-refractivity contribution >= 4 is 29.0 Å². The molecule has 3 aromatic heterocycles. The molecular weight excluding hydrogens is 378 g/mol. The van der Waals surface area contributed by atoms with Crippen molar-refractivity contribution in [2.45, 2.75) is 27.3 Å². The third kappa shape index (κ3) is 3.34. The van der Waals surface area contributed by atoms with E-state index in [-0.39, 0.29) is 5.91 Å². The lowest BCUT2D eigenvalue weighted by molar-refractivity contribution is 0.101. The number of halogens is 1. The Morgan fingerprint density at radius 1 is 1.18 bits per heavy atom. The highest BCUT2D eigenvalue weighted by molar-refractivity contribution is 6.30. The minimum Gasteiger partial charge on any atom is -0.317 e. The number of nitrogens with one attached hydrogen (secondary N) is 1. The van der Waals surface area contributed by atoms with Gasteiger partial charge in [0, 0.05) is 10.7 Å². The summed E-state index contributed by atoms with van der Waals surface area (Å²) in [6, 6.07) is 9.29. The predicted octanol–water partition coefficient (Wildman–Crippen LogP) is 3.20. The van der Waals surface area contributed by atoms with Gasteiger partial charge >= 0.3 is 0 Å². The van der Waals surface area contributed by atoms with Crippen molar-refractivity contribution in [1.29, 1.82) is 0 Å². The smallest absolute Gasteiger partial charge is 0.274 e. The number of rotatable bonds is 4. The van der Waals surface area contributed by atoms with Gasteiger partial charge in [-0.2, -0.15) is 19.7 Å². The normalized spacial score (nSPS) is 11.1. The standard InChI is InChI=1S/C19H18ClN7O/c1-11-8-16(27-19(23-11)21-10-22-27)18(28)24-17-12(2)25-26(13(17)3)9-14-4-6-15(20)7-5-14/h4-8,10H,9H2,1-3H3,(H,24,28). The van der Waals surface area contributed by atoms with Gasteiger partial charge in [-0.1, -0.05) is 23.7 Å². The Hall–Kier alpha value is -3.26. The molecule has 28 heavy (non-hydrogen) atoms. The fourth-order valence-electron chi connectivity index (χ4n) is 3.06. The summed E-state index contributed by atoms with van der Waals surface area (Å²) in [7, 11) is 0. The zero-order valence-electron chi connectivity index (χ0n) is 15.6. The number of hydrogen-bond acceptors (Lipinski definition) is 5. The van der Waals surface area contributed by atoms with Gasteiger partial charge in [0.25, 0.3) is 11.7 Å². The first-order chi connectivity index (χ1) is 13.4. The van der Waals surface area contributed by atoms with Crippen LogP contribution in [0.4, 0.5) is 5.69 Å². The van der Waals surface area contributed by atoms with E-state index in [0.717, 1.165) is 17.0 Å². The van der Waals surface area contributed by atoms with Crippen molar-refractivity contribution in [2.75, 3.05) is 5.32 Å². The Morgan fingerprint density at radius 3 is 2.68 bits per heavy atom. The van der Waals surface area contributed by atoms with Crippen LogP contribution < -0.4 is 5.32 Å². The van der Waals surface area contributed by atoms with Gasteiger partial charge < -0.3 is 5.32 Å². The quantitative estimate of drug-likeness (QED) is 0.573. The molecule has 0 bridgehead atoms. The molecule has 0 radical (unpaired) electrons. The minimum absolute atomic E-state index is 0.293. The number of carbonyl (C=O) groups excluding carboxylic acids is 1. The molecule has 3 heterocycles. The second-order valence-corrected chi connectivity index (χ2v) is 6.98. The van der Waals surface area contributed by atoms with Crippen molar-refractivity contribution in [3.63, 3.8) is 0 Å². The molecule has 0 saturated carbocycles. The van der Waals surface area contributed by atoms with Crippen LogP contribution in [0.2, 0.25) is 5.02 Å². The Labute approximate surface area is 166 Å². The number of nitrogens with zero attached hydrogens (tertiary/aromatic N) is 6. The van der Waals surface area contributed by atoms with E-state index in [0.29, 0.717) is 34.4 Å². The lowest BCUT2D eigenvalue weighted by Gasteiger charge is -2.09. The van der Waals surface area contributed by atoms with Crippen molar-refractivity contribution in [3.05, 3.63) is 70.0 Å². The summed E-state index contributed by atoms with van der Waals surface area (Å²) in [5.74, 6) is 0.0928. The summed E-state index contributed by atoms with van der Waals surface area (Å²) in [4.78, 5) is 21.2. The van der Waals surface area contributed by atoms with Crippen LogP contribution in [0.15, 0.2) is 36.7 Å². The first kappa shape index (κ1) is 18.1. The molecule has 1 N–H and O–H groups in total. The van der Waals surface area contributed by atoms with Crippen molar-refractivity contribution < 1.29 is 4.79 Å². The molecule has 0 saturated heterocycles. The van der Waals surface area contributed by atoms with Crippen LogP contribution in [0.1, 0.15) is 33.1 Å².